The first-order chi connectivity index (χ1) is 7.09. The number of hydrogen-bond acceptors (Lipinski definition) is 4. The fourth-order valence-corrected chi connectivity index (χ4v) is 1.32. The van der Waals surface area contributed by atoms with Crippen molar-refractivity contribution in [1.29, 1.82) is 0 Å². The Balaban J connectivity index is 2.70. The lowest BCUT2D eigenvalue weighted by molar-refractivity contribution is -0.114. The van der Waals surface area contributed by atoms with Crippen LogP contribution < -0.4 is 10.9 Å². The van der Waals surface area contributed by atoms with Gasteiger partial charge in [-0.3, -0.25) is 14.9 Å². The molecule has 0 radical (unpaired) electrons. The van der Waals surface area contributed by atoms with Crippen LogP contribution in [0, 0.1) is 0 Å². The van der Waals surface area contributed by atoms with Crippen LogP contribution in [0.1, 0.15) is 6.92 Å². The molecule has 0 aliphatic rings. The number of carbonyl (C=O) groups is 1. The summed E-state index contributed by atoms with van der Waals surface area (Å²) >= 11 is 0. The first-order valence-electron chi connectivity index (χ1n) is 4.27. The highest BCUT2D eigenvalue weighted by Gasteiger charge is 2.11. The smallest absolute Gasteiger partial charge is 0.277 e. The molecule has 2 heterocycles. The third kappa shape index (κ3) is 1.47. The molecule has 0 bridgehead atoms. The Morgan fingerprint density at radius 1 is 1.60 bits per heavy atom. The molecule has 0 spiro atoms. The van der Waals surface area contributed by atoms with E-state index in [9.17, 15) is 9.59 Å². The van der Waals surface area contributed by atoms with Gasteiger partial charge in [-0.15, -0.1) is 0 Å². The van der Waals surface area contributed by atoms with E-state index in [1.807, 2.05) is 0 Å². The number of aryl methyl sites for hydroxylation is 1. The standard InChI is InChI=1S/C8H9N5O2/c1-4(14)11-8-12-6-5(13(8)2)7(15)10-3-9-6/h3H,1-2H3,(H2,9,10,11,12,14,15). The zero-order valence-electron chi connectivity index (χ0n) is 8.24. The third-order valence-corrected chi connectivity index (χ3v) is 1.96. The van der Waals surface area contributed by atoms with E-state index in [4.69, 9.17) is 0 Å². The lowest BCUT2D eigenvalue weighted by atomic mass is 10.5. The van der Waals surface area contributed by atoms with Crippen molar-refractivity contribution < 1.29 is 4.79 Å². The van der Waals surface area contributed by atoms with E-state index in [2.05, 4.69) is 20.3 Å². The average Bonchev–Trinajstić information content (AvgIpc) is 2.44. The number of nitrogens with zero attached hydrogens (tertiary/aromatic N) is 3. The molecule has 15 heavy (non-hydrogen) atoms. The normalized spacial score (nSPS) is 10.5. The van der Waals surface area contributed by atoms with Crippen molar-refractivity contribution in [3.63, 3.8) is 0 Å². The van der Waals surface area contributed by atoms with E-state index in [-0.39, 0.29) is 11.5 Å². The maximum absolute atomic E-state index is 11.4. The first-order valence-corrected chi connectivity index (χ1v) is 4.27. The van der Waals surface area contributed by atoms with Gasteiger partial charge in [0, 0.05) is 14.0 Å². The highest BCUT2D eigenvalue weighted by Crippen LogP contribution is 2.11. The molecule has 7 heteroatoms. The van der Waals surface area contributed by atoms with Crippen LogP contribution in [-0.4, -0.2) is 25.4 Å². The predicted octanol–water partition coefficient (Wildman–Crippen LogP) is -0.385. The van der Waals surface area contributed by atoms with Gasteiger partial charge < -0.3 is 9.55 Å². The van der Waals surface area contributed by atoms with Gasteiger partial charge in [0.2, 0.25) is 11.9 Å². The fraction of sp³-hybridized carbons (Fsp3) is 0.250. The van der Waals surface area contributed by atoms with Crippen molar-refractivity contribution in [2.45, 2.75) is 6.92 Å². The minimum absolute atomic E-state index is 0.246. The number of anilines is 1. The molecule has 2 rings (SSSR count). The molecule has 0 aliphatic carbocycles. The van der Waals surface area contributed by atoms with Crippen LogP contribution in [0.2, 0.25) is 0 Å². The SMILES string of the molecule is CC(=O)Nc1nc2nc[nH]c(=O)c2n1C. The van der Waals surface area contributed by atoms with Gasteiger partial charge in [0.25, 0.3) is 5.56 Å². The van der Waals surface area contributed by atoms with E-state index in [1.54, 1.807) is 7.05 Å². The number of H-pyrrole nitrogens is 1. The summed E-state index contributed by atoms with van der Waals surface area (Å²) in [6.07, 6.45) is 1.27. The number of amides is 1. The molecule has 0 aliphatic heterocycles. The molecule has 0 saturated heterocycles. The summed E-state index contributed by atoms with van der Waals surface area (Å²) in [4.78, 5) is 32.6. The van der Waals surface area contributed by atoms with Gasteiger partial charge in [0.15, 0.2) is 11.2 Å². The molecule has 2 aromatic heterocycles. The van der Waals surface area contributed by atoms with Crippen LogP contribution in [0.25, 0.3) is 11.2 Å². The Labute approximate surface area is 84.2 Å². The number of carbonyl (C=O) groups excluding carboxylic acids is 1. The Bertz CT molecular complexity index is 582. The number of hydrogen-bond donors (Lipinski definition) is 2. The number of imidazole rings is 1. The van der Waals surface area contributed by atoms with Gasteiger partial charge >= 0.3 is 0 Å². The minimum atomic E-state index is -0.286. The summed E-state index contributed by atoms with van der Waals surface area (Å²) in [5.41, 5.74) is 0.359. The second-order valence-electron chi connectivity index (χ2n) is 3.08. The molecule has 2 aromatic rings. The van der Waals surface area contributed by atoms with Gasteiger partial charge in [0.05, 0.1) is 6.33 Å². The van der Waals surface area contributed by atoms with Crippen molar-refractivity contribution in [3.8, 4) is 0 Å². The van der Waals surface area contributed by atoms with Crippen LogP contribution in [0.5, 0.6) is 0 Å². The lowest BCUT2D eigenvalue weighted by Crippen LogP contribution is -2.13. The van der Waals surface area contributed by atoms with E-state index < -0.39 is 0 Å². The second-order valence-corrected chi connectivity index (χ2v) is 3.08. The van der Waals surface area contributed by atoms with Gasteiger partial charge in [-0.2, -0.15) is 4.98 Å². The lowest BCUT2D eigenvalue weighted by Gasteiger charge is -2.00. The average molecular weight is 207 g/mol. The molecule has 0 fully saturated rings. The number of nitrogens with one attached hydrogen (secondary N) is 2. The monoisotopic (exact) mass is 207 g/mol. The highest BCUT2D eigenvalue weighted by molar-refractivity contribution is 5.88. The van der Waals surface area contributed by atoms with Crippen LogP contribution in [0.15, 0.2) is 11.1 Å². The Morgan fingerprint density at radius 2 is 2.33 bits per heavy atom. The summed E-state index contributed by atoms with van der Waals surface area (Å²) in [6.45, 7) is 1.37. The fourth-order valence-electron chi connectivity index (χ4n) is 1.32. The van der Waals surface area contributed by atoms with Crippen LogP contribution >= 0.6 is 0 Å². The molecular weight excluding hydrogens is 198 g/mol. The van der Waals surface area contributed by atoms with Crippen molar-refractivity contribution in [3.05, 3.63) is 16.7 Å². The topological polar surface area (TPSA) is 92.7 Å². The van der Waals surface area contributed by atoms with Crippen LogP contribution in [0.4, 0.5) is 5.95 Å². The highest BCUT2D eigenvalue weighted by atomic mass is 16.1. The molecule has 0 atom stereocenters. The quantitative estimate of drug-likeness (QED) is 0.666. The molecule has 0 aromatic carbocycles. The molecule has 2 N–H and O–H groups in total. The predicted molar refractivity (Wildman–Crippen MR) is 53.4 cm³/mol. The third-order valence-electron chi connectivity index (χ3n) is 1.96. The Kier molecular flexibility index (Phi) is 2.00. The number of fused-ring (bicyclic) bond motifs is 1. The van der Waals surface area contributed by atoms with E-state index in [1.165, 1.54) is 17.8 Å². The minimum Gasteiger partial charge on any atom is -0.311 e. The summed E-state index contributed by atoms with van der Waals surface area (Å²) < 4.78 is 1.49. The van der Waals surface area contributed by atoms with Gasteiger partial charge in [-0.05, 0) is 0 Å². The van der Waals surface area contributed by atoms with Crippen molar-refractivity contribution in [2.75, 3.05) is 5.32 Å². The Hall–Kier alpha value is -2.18. The number of aromatic nitrogens is 4. The summed E-state index contributed by atoms with van der Waals surface area (Å²) in [5.74, 6) is 0.0616. The summed E-state index contributed by atoms with van der Waals surface area (Å²) in [6, 6.07) is 0. The number of aromatic amines is 1. The Morgan fingerprint density at radius 3 is 2.93 bits per heavy atom. The molecule has 1 amide bonds. The molecular formula is C8H9N5O2. The van der Waals surface area contributed by atoms with Crippen LogP contribution in [-0.2, 0) is 11.8 Å². The van der Waals surface area contributed by atoms with E-state index in [0.29, 0.717) is 17.1 Å². The first kappa shape index (κ1) is 9.38. The maximum Gasteiger partial charge on any atom is 0.277 e. The van der Waals surface area contributed by atoms with Crippen molar-refractivity contribution >= 4 is 23.0 Å². The zero-order chi connectivity index (χ0) is 11.0. The van der Waals surface area contributed by atoms with Gasteiger partial charge in [-0.25, -0.2) is 4.98 Å². The van der Waals surface area contributed by atoms with Crippen LogP contribution in [0.3, 0.4) is 0 Å². The summed E-state index contributed by atoms with van der Waals surface area (Å²) in [5, 5.41) is 2.51. The largest absolute Gasteiger partial charge is 0.311 e. The van der Waals surface area contributed by atoms with Crippen molar-refractivity contribution in [1.82, 2.24) is 19.5 Å². The van der Waals surface area contributed by atoms with Gasteiger partial charge in [-0.1, -0.05) is 0 Å². The molecule has 0 unspecified atom stereocenters. The maximum atomic E-state index is 11.4. The molecule has 7 nitrogen and oxygen atoms in total. The second kappa shape index (κ2) is 3.19. The molecule has 0 saturated carbocycles. The zero-order valence-corrected chi connectivity index (χ0v) is 8.24. The summed E-state index contributed by atoms with van der Waals surface area (Å²) in [7, 11) is 1.64. The van der Waals surface area contributed by atoms with Crippen molar-refractivity contribution in [2.24, 2.45) is 7.05 Å². The van der Waals surface area contributed by atoms with Gasteiger partial charge in [0.1, 0.15) is 0 Å². The van der Waals surface area contributed by atoms with E-state index >= 15 is 0 Å². The molecule has 78 valence electrons. The number of rotatable bonds is 1. The van der Waals surface area contributed by atoms with E-state index in [0.717, 1.165) is 0 Å².